The standard InChI is InChI=1S/C12H19N3O4/c1-7(2)11(12(17)18-4)14-9(16)5-6-10-13-8(3)15-19-10/h7,11H,5-6H2,1-4H3,(H,14,16). The van der Waals surface area contributed by atoms with E-state index in [2.05, 4.69) is 20.2 Å². The highest BCUT2D eigenvalue weighted by Crippen LogP contribution is 2.05. The van der Waals surface area contributed by atoms with Gasteiger partial charge in [-0.3, -0.25) is 4.79 Å². The van der Waals surface area contributed by atoms with E-state index in [9.17, 15) is 9.59 Å². The highest BCUT2D eigenvalue weighted by atomic mass is 16.5. The van der Waals surface area contributed by atoms with Crippen LogP contribution in [-0.4, -0.2) is 35.2 Å². The zero-order valence-corrected chi connectivity index (χ0v) is 11.6. The zero-order valence-electron chi connectivity index (χ0n) is 11.6. The van der Waals surface area contributed by atoms with Gasteiger partial charge in [0.05, 0.1) is 7.11 Å². The second-order valence-electron chi connectivity index (χ2n) is 4.55. The van der Waals surface area contributed by atoms with Gasteiger partial charge in [0.25, 0.3) is 0 Å². The van der Waals surface area contributed by atoms with Crippen LogP contribution < -0.4 is 5.32 Å². The van der Waals surface area contributed by atoms with Crippen LogP contribution in [0.5, 0.6) is 0 Å². The molecule has 1 atom stereocenters. The fourth-order valence-corrected chi connectivity index (χ4v) is 1.53. The Labute approximate surface area is 111 Å². The van der Waals surface area contributed by atoms with Gasteiger partial charge in [0.15, 0.2) is 5.82 Å². The number of esters is 1. The molecule has 0 radical (unpaired) electrons. The van der Waals surface area contributed by atoms with E-state index in [0.717, 1.165) is 0 Å². The Kier molecular flexibility index (Phi) is 5.47. The number of carbonyl (C=O) groups excluding carboxylic acids is 2. The predicted octanol–water partition coefficient (Wildman–Crippen LogP) is 0.624. The number of nitrogens with zero attached hydrogens (tertiary/aromatic N) is 2. The van der Waals surface area contributed by atoms with Crippen molar-refractivity contribution in [1.82, 2.24) is 15.5 Å². The van der Waals surface area contributed by atoms with Crippen molar-refractivity contribution in [2.24, 2.45) is 5.92 Å². The quantitative estimate of drug-likeness (QED) is 0.761. The molecule has 1 amide bonds. The lowest BCUT2D eigenvalue weighted by Gasteiger charge is -2.19. The number of rotatable bonds is 6. The van der Waals surface area contributed by atoms with Crippen molar-refractivity contribution < 1.29 is 18.8 Å². The first kappa shape index (κ1) is 15.1. The fourth-order valence-electron chi connectivity index (χ4n) is 1.53. The molecule has 0 aliphatic heterocycles. The normalized spacial score (nSPS) is 12.3. The van der Waals surface area contributed by atoms with Crippen LogP contribution in [0.3, 0.4) is 0 Å². The van der Waals surface area contributed by atoms with Gasteiger partial charge < -0.3 is 14.6 Å². The van der Waals surface area contributed by atoms with Crippen molar-refractivity contribution in [2.45, 2.75) is 39.7 Å². The summed E-state index contributed by atoms with van der Waals surface area (Å²) in [6.45, 7) is 5.38. The lowest BCUT2D eigenvalue weighted by atomic mass is 10.0. The summed E-state index contributed by atoms with van der Waals surface area (Å²) in [5.41, 5.74) is 0. The lowest BCUT2D eigenvalue weighted by molar-refractivity contribution is -0.146. The molecule has 0 saturated heterocycles. The second-order valence-corrected chi connectivity index (χ2v) is 4.55. The number of carbonyl (C=O) groups is 2. The molecule has 0 spiro atoms. The molecule has 0 aromatic carbocycles. The van der Waals surface area contributed by atoms with E-state index in [4.69, 9.17) is 4.52 Å². The first-order chi connectivity index (χ1) is 8.93. The molecule has 19 heavy (non-hydrogen) atoms. The van der Waals surface area contributed by atoms with E-state index in [1.54, 1.807) is 6.92 Å². The maximum absolute atomic E-state index is 11.7. The maximum atomic E-state index is 11.7. The minimum absolute atomic E-state index is 0.0398. The summed E-state index contributed by atoms with van der Waals surface area (Å²) >= 11 is 0. The Morgan fingerprint density at radius 3 is 2.58 bits per heavy atom. The molecule has 1 aromatic rings. The molecule has 1 rings (SSSR count). The smallest absolute Gasteiger partial charge is 0.328 e. The highest BCUT2D eigenvalue weighted by molar-refractivity contribution is 5.84. The van der Waals surface area contributed by atoms with Crippen LogP contribution in [-0.2, 0) is 20.7 Å². The van der Waals surface area contributed by atoms with E-state index in [0.29, 0.717) is 18.1 Å². The Morgan fingerprint density at radius 2 is 2.11 bits per heavy atom. The largest absolute Gasteiger partial charge is 0.467 e. The molecule has 106 valence electrons. The third-order valence-corrected chi connectivity index (χ3v) is 2.57. The monoisotopic (exact) mass is 269 g/mol. The number of aryl methyl sites for hydroxylation is 2. The molecule has 0 fully saturated rings. The third kappa shape index (κ3) is 4.69. The van der Waals surface area contributed by atoms with Gasteiger partial charge in [0, 0.05) is 12.8 Å². The number of aromatic nitrogens is 2. The summed E-state index contributed by atoms with van der Waals surface area (Å²) in [6, 6.07) is -0.637. The van der Waals surface area contributed by atoms with Gasteiger partial charge in [-0.1, -0.05) is 19.0 Å². The SMILES string of the molecule is COC(=O)C(NC(=O)CCc1nc(C)no1)C(C)C. The van der Waals surface area contributed by atoms with Gasteiger partial charge >= 0.3 is 5.97 Å². The van der Waals surface area contributed by atoms with Crippen LogP contribution in [0.25, 0.3) is 0 Å². The van der Waals surface area contributed by atoms with Crippen molar-refractivity contribution in [3.63, 3.8) is 0 Å². The van der Waals surface area contributed by atoms with E-state index in [1.165, 1.54) is 7.11 Å². The van der Waals surface area contributed by atoms with Crippen LogP contribution in [0.1, 0.15) is 32.0 Å². The van der Waals surface area contributed by atoms with Crippen LogP contribution in [0, 0.1) is 12.8 Å². The molecule has 1 heterocycles. The Bertz CT molecular complexity index is 442. The number of hydrogen-bond acceptors (Lipinski definition) is 6. The Hall–Kier alpha value is -1.92. The number of amides is 1. The molecule has 0 aliphatic carbocycles. The Morgan fingerprint density at radius 1 is 1.42 bits per heavy atom. The van der Waals surface area contributed by atoms with E-state index >= 15 is 0 Å². The summed E-state index contributed by atoms with van der Waals surface area (Å²) < 4.78 is 9.55. The van der Waals surface area contributed by atoms with Crippen LogP contribution in [0.2, 0.25) is 0 Å². The number of hydrogen-bond donors (Lipinski definition) is 1. The molecule has 0 aliphatic rings. The third-order valence-electron chi connectivity index (χ3n) is 2.57. The van der Waals surface area contributed by atoms with Crippen molar-refractivity contribution in [2.75, 3.05) is 7.11 Å². The summed E-state index contributed by atoms with van der Waals surface area (Å²) in [5, 5.41) is 6.27. The average Bonchev–Trinajstić information content (AvgIpc) is 2.78. The number of nitrogens with one attached hydrogen (secondary N) is 1. The van der Waals surface area contributed by atoms with Crippen LogP contribution in [0.4, 0.5) is 0 Å². The fraction of sp³-hybridized carbons (Fsp3) is 0.667. The first-order valence-electron chi connectivity index (χ1n) is 6.10. The van der Waals surface area contributed by atoms with Crippen molar-refractivity contribution in [3.05, 3.63) is 11.7 Å². The molecular formula is C12H19N3O4. The van der Waals surface area contributed by atoms with Crippen LogP contribution in [0.15, 0.2) is 4.52 Å². The Balaban J connectivity index is 2.46. The topological polar surface area (TPSA) is 94.3 Å². The summed E-state index contributed by atoms with van der Waals surface area (Å²) in [7, 11) is 1.30. The van der Waals surface area contributed by atoms with E-state index in [1.807, 2.05) is 13.8 Å². The van der Waals surface area contributed by atoms with E-state index < -0.39 is 12.0 Å². The summed E-state index contributed by atoms with van der Waals surface area (Å²) in [4.78, 5) is 27.2. The highest BCUT2D eigenvalue weighted by Gasteiger charge is 2.24. The maximum Gasteiger partial charge on any atom is 0.328 e. The molecule has 7 nitrogen and oxygen atoms in total. The first-order valence-corrected chi connectivity index (χ1v) is 6.10. The minimum Gasteiger partial charge on any atom is -0.467 e. The molecule has 1 aromatic heterocycles. The predicted molar refractivity (Wildman–Crippen MR) is 66.1 cm³/mol. The zero-order chi connectivity index (χ0) is 14.4. The van der Waals surface area contributed by atoms with Gasteiger partial charge in [-0.15, -0.1) is 0 Å². The molecule has 0 bridgehead atoms. The van der Waals surface area contributed by atoms with Gasteiger partial charge in [-0.25, -0.2) is 4.79 Å². The molecule has 0 saturated carbocycles. The van der Waals surface area contributed by atoms with Crippen molar-refractivity contribution >= 4 is 11.9 Å². The van der Waals surface area contributed by atoms with Gasteiger partial charge in [0.2, 0.25) is 11.8 Å². The van der Waals surface area contributed by atoms with Crippen molar-refractivity contribution in [3.8, 4) is 0 Å². The average molecular weight is 269 g/mol. The molecule has 1 unspecified atom stereocenters. The van der Waals surface area contributed by atoms with Crippen molar-refractivity contribution in [1.29, 1.82) is 0 Å². The lowest BCUT2D eigenvalue weighted by Crippen LogP contribution is -2.45. The van der Waals surface area contributed by atoms with Gasteiger partial charge in [-0.2, -0.15) is 4.98 Å². The van der Waals surface area contributed by atoms with Gasteiger partial charge in [0.1, 0.15) is 6.04 Å². The molecular weight excluding hydrogens is 250 g/mol. The second kappa shape index (κ2) is 6.86. The van der Waals surface area contributed by atoms with E-state index in [-0.39, 0.29) is 18.2 Å². The summed E-state index contributed by atoms with van der Waals surface area (Å²) in [5.74, 6) is 0.204. The molecule has 1 N–H and O–H groups in total. The van der Waals surface area contributed by atoms with Gasteiger partial charge in [-0.05, 0) is 12.8 Å². The number of ether oxygens (including phenoxy) is 1. The van der Waals surface area contributed by atoms with Crippen LogP contribution >= 0.6 is 0 Å². The number of methoxy groups -OCH3 is 1. The molecule has 7 heteroatoms. The summed E-state index contributed by atoms with van der Waals surface area (Å²) in [6.07, 6.45) is 0.528. The minimum atomic E-state index is -0.637.